The molecule has 0 aromatic heterocycles. The standard InChI is InChI=1S/C16H24N2O3S2/c1-13(2)22-15-7-5-14(6-8-15)16(19)17-9-4-10-18(12-11-17)23(3,20)21/h5-8,13H,4,9-12H2,1-3H3. The van der Waals surface area contributed by atoms with Crippen LogP contribution in [-0.2, 0) is 10.0 Å². The van der Waals surface area contributed by atoms with Crippen molar-refractivity contribution < 1.29 is 13.2 Å². The van der Waals surface area contributed by atoms with Gasteiger partial charge in [0.1, 0.15) is 0 Å². The van der Waals surface area contributed by atoms with E-state index in [0.717, 1.165) is 4.90 Å². The van der Waals surface area contributed by atoms with Crippen LogP contribution in [0.1, 0.15) is 30.6 Å². The van der Waals surface area contributed by atoms with Crippen molar-refractivity contribution in [3.8, 4) is 0 Å². The fraction of sp³-hybridized carbons (Fsp3) is 0.562. The number of thioether (sulfide) groups is 1. The molecule has 1 aliphatic heterocycles. The van der Waals surface area contributed by atoms with Gasteiger partial charge >= 0.3 is 0 Å². The number of carbonyl (C=O) groups is 1. The smallest absolute Gasteiger partial charge is 0.253 e. The summed E-state index contributed by atoms with van der Waals surface area (Å²) in [6.45, 7) is 6.14. The molecule has 7 heteroatoms. The van der Waals surface area contributed by atoms with Crippen molar-refractivity contribution in [2.24, 2.45) is 0 Å². The van der Waals surface area contributed by atoms with Crippen LogP contribution in [0.15, 0.2) is 29.2 Å². The number of benzene rings is 1. The molecule has 0 radical (unpaired) electrons. The van der Waals surface area contributed by atoms with Crippen LogP contribution in [0.2, 0.25) is 0 Å². The van der Waals surface area contributed by atoms with Crippen LogP contribution in [0.5, 0.6) is 0 Å². The zero-order chi connectivity index (χ0) is 17.0. The van der Waals surface area contributed by atoms with E-state index in [1.807, 2.05) is 24.3 Å². The zero-order valence-corrected chi connectivity index (χ0v) is 15.5. The van der Waals surface area contributed by atoms with Gasteiger partial charge in [-0.15, -0.1) is 11.8 Å². The van der Waals surface area contributed by atoms with E-state index in [4.69, 9.17) is 0 Å². The van der Waals surface area contributed by atoms with Gasteiger partial charge in [-0.05, 0) is 30.7 Å². The van der Waals surface area contributed by atoms with E-state index >= 15 is 0 Å². The number of rotatable bonds is 4. The van der Waals surface area contributed by atoms with Crippen LogP contribution in [-0.4, -0.2) is 61.2 Å². The van der Waals surface area contributed by atoms with Crippen molar-refractivity contribution in [3.63, 3.8) is 0 Å². The van der Waals surface area contributed by atoms with E-state index in [2.05, 4.69) is 13.8 Å². The normalized spacial score (nSPS) is 17.3. The Morgan fingerprint density at radius 2 is 1.74 bits per heavy atom. The SMILES string of the molecule is CC(C)Sc1ccc(C(=O)N2CCCN(S(C)(=O)=O)CC2)cc1. The molecule has 1 aromatic carbocycles. The van der Waals surface area contributed by atoms with Crippen LogP contribution >= 0.6 is 11.8 Å². The number of hydrogen-bond acceptors (Lipinski definition) is 4. The summed E-state index contributed by atoms with van der Waals surface area (Å²) in [6.07, 6.45) is 1.88. The maximum atomic E-state index is 12.6. The molecular formula is C16H24N2O3S2. The Hall–Kier alpha value is -1.05. The molecule has 128 valence electrons. The number of carbonyl (C=O) groups excluding carboxylic acids is 1. The summed E-state index contributed by atoms with van der Waals surface area (Å²) in [5, 5.41) is 0.504. The maximum absolute atomic E-state index is 12.6. The van der Waals surface area contributed by atoms with E-state index in [-0.39, 0.29) is 5.91 Å². The molecule has 1 heterocycles. The Kier molecular flexibility index (Phi) is 6.11. The third kappa shape index (κ3) is 5.22. The predicted molar refractivity (Wildman–Crippen MR) is 94.4 cm³/mol. The lowest BCUT2D eigenvalue weighted by Gasteiger charge is -2.21. The van der Waals surface area contributed by atoms with Crippen molar-refractivity contribution in [2.75, 3.05) is 32.4 Å². The summed E-state index contributed by atoms with van der Waals surface area (Å²) >= 11 is 1.76. The predicted octanol–water partition coefficient (Wildman–Crippen LogP) is 2.29. The molecule has 23 heavy (non-hydrogen) atoms. The zero-order valence-electron chi connectivity index (χ0n) is 13.9. The molecule has 0 bridgehead atoms. The summed E-state index contributed by atoms with van der Waals surface area (Å²) in [4.78, 5) is 15.5. The topological polar surface area (TPSA) is 57.7 Å². The monoisotopic (exact) mass is 356 g/mol. The minimum absolute atomic E-state index is 0.0264. The van der Waals surface area contributed by atoms with E-state index in [1.54, 1.807) is 16.7 Å². The largest absolute Gasteiger partial charge is 0.337 e. The van der Waals surface area contributed by atoms with E-state index in [1.165, 1.54) is 10.6 Å². The van der Waals surface area contributed by atoms with Crippen molar-refractivity contribution in [3.05, 3.63) is 29.8 Å². The summed E-state index contributed by atoms with van der Waals surface area (Å²) < 4.78 is 24.7. The fourth-order valence-corrected chi connectivity index (χ4v) is 4.27. The average molecular weight is 357 g/mol. The van der Waals surface area contributed by atoms with Gasteiger partial charge in [-0.25, -0.2) is 12.7 Å². The Morgan fingerprint density at radius 1 is 1.09 bits per heavy atom. The molecule has 1 aromatic rings. The molecule has 2 rings (SSSR count). The lowest BCUT2D eigenvalue weighted by atomic mass is 10.2. The van der Waals surface area contributed by atoms with Gasteiger partial charge in [0.2, 0.25) is 10.0 Å². The molecule has 1 saturated heterocycles. The third-order valence-electron chi connectivity index (χ3n) is 3.68. The number of nitrogens with zero attached hydrogens (tertiary/aromatic N) is 2. The average Bonchev–Trinajstić information content (AvgIpc) is 2.72. The molecule has 0 saturated carbocycles. The molecule has 1 amide bonds. The van der Waals surface area contributed by atoms with Gasteiger partial charge < -0.3 is 4.90 Å². The van der Waals surface area contributed by atoms with Gasteiger partial charge in [-0.1, -0.05) is 13.8 Å². The lowest BCUT2D eigenvalue weighted by Crippen LogP contribution is -2.36. The first-order valence-electron chi connectivity index (χ1n) is 7.78. The minimum atomic E-state index is -3.19. The quantitative estimate of drug-likeness (QED) is 0.777. The Bertz CT molecular complexity index is 642. The van der Waals surface area contributed by atoms with Gasteiger partial charge in [0.15, 0.2) is 0 Å². The van der Waals surface area contributed by atoms with Crippen LogP contribution in [0.3, 0.4) is 0 Å². The maximum Gasteiger partial charge on any atom is 0.253 e. The van der Waals surface area contributed by atoms with Crippen molar-refractivity contribution in [1.82, 2.24) is 9.21 Å². The first kappa shape index (κ1) is 18.3. The number of sulfonamides is 1. The highest BCUT2D eigenvalue weighted by atomic mass is 32.2. The molecule has 0 unspecified atom stereocenters. The lowest BCUT2D eigenvalue weighted by molar-refractivity contribution is 0.0764. The minimum Gasteiger partial charge on any atom is -0.337 e. The molecule has 1 fully saturated rings. The highest BCUT2D eigenvalue weighted by Crippen LogP contribution is 2.23. The Balaban J connectivity index is 2.03. The number of amides is 1. The molecule has 0 aliphatic carbocycles. The fourth-order valence-electron chi connectivity index (χ4n) is 2.56. The van der Waals surface area contributed by atoms with Crippen LogP contribution in [0.25, 0.3) is 0 Å². The molecule has 0 N–H and O–H groups in total. The van der Waals surface area contributed by atoms with Crippen LogP contribution in [0, 0.1) is 0 Å². The van der Waals surface area contributed by atoms with Gasteiger partial charge in [0, 0.05) is 41.9 Å². The van der Waals surface area contributed by atoms with Gasteiger partial charge in [-0.2, -0.15) is 0 Å². The summed E-state index contributed by atoms with van der Waals surface area (Å²) in [6, 6.07) is 7.65. The molecule has 1 aliphatic rings. The summed E-state index contributed by atoms with van der Waals surface area (Å²) in [7, 11) is -3.19. The van der Waals surface area contributed by atoms with Gasteiger partial charge in [0.05, 0.1) is 6.26 Å². The molecular weight excluding hydrogens is 332 g/mol. The van der Waals surface area contributed by atoms with Crippen molar-refractivity contribution in [1.29, 1.82) is 0 Å². The third-order valence-corrected chi connectivity index (χ3v) is 6.00. The van der Waals surface area contributed by atoms with Crippen LogP contribution in [0.4, 0.5) is 0 Å². The first-order valence-corrected chi connectivity index (χ1v) is 10.5. The molecule has 5 nitrogen and oxygen atoms in total. The molecule has 0 atom stereocenters. The van der Waals surface area contributed by atoms with E-state index < -0.39 is 10.0 Å². The second kappa shape index (κ2) is 7.68. The van der Waals surface area contributed by atoms with Crippen molar-refractivity contribution >= 4 is 27.7 Å². The van der Waals surface area contributed by atoms with E-state index in [9.17, 15) is 13.2 Å². The summed E-state index contributed by atoms with van der Waals surface area (Å²) in [5.74, 6) is -0.0264. The second-order valence-corrected chi connectivity index (χ2v) is 9.63. The number of hydrogen-bond donors (Lipinski definition) is 0. The van der Waals surface area contributed by atoms with E-state index in [0.29, 0.717) is 43.4 Å². The first-order chi connectivity index (χ1) is 10.8. The Morgan fingerprint density at radius 3 is 2.30 bits per heavy atom. The molecule has 0 spiro atoms. The second-order valence-electron chi connectivity index (χ2n) is 6.00. The summed E-state index contributed by atoms with van der Waals surface area (Å²) in [5.41, 5.74) is 0.658. The highest BCUT2D eigenvalue weighted by Gasteiger charge is 2.24. The van der Waals surface area contributed by atoms with Crippen LogP contribution < -0.4 is 0 Å². The van der Waals surface area contributed by atoms with Gasteiger partial charge in [-0.3, -0.25) is 4.79 Å². The highest BCUT2D eigenvalue weighted by molar-refractivity contribution is 7.99. The Labute approximate surface area is 143 Å². The van der Waals surface area contributed by atoms with Crippen molar-refractivity contribution in [2.45, 2.75) is 30.4 Å². The van der Waals surface area contributed by atoms with Gasteiger partial charge in [0.25, 0.3) is 5.91 Å².